The highest BCUT2D eigenvalue weighted by atomic mass is 35.6. The fourth-order valence-electron chi connectivity index (χ4n) is 0. The first kappa shape index (κ1) is 7.01. The summed E-state index contributed by atoms with van der Waals surface area (Å²) >= 11 is 11.4. The zero-order valence-electron chi connectivity index (χ0n) is 3.91. The minimum atomic E-state index is -0.867. The lowest BCUT2D eigenvalue weighted by molar-refractivity contribution is 2.24. The lowest BCUT2D eigenvalue weighted by Crippen LogP contribution is -2.15. The SMILES string of the molecule is C[SiH](Cl)[SiH](C)Cl. The van der Waals surface area contributed by atoms with Crippen molar-refractivity contribution in [3.8, 4) is 0 Å². The molecule has 0 nitrogen and oxygen atoms in total. The van der Waals surface area contributed by atoms with Crippen LogP contribution >= 0.6 is 22.2 Å². The van der Waals surface area contributed by atoms with E-state index < -0.39 is 15.2 Å². The van der Waals surface area contributed by atoms with Crippen LogP contribution in [0.3, 0.4) is 0 Å². The molecule has 0 spiro atoms. The van der Waals surface area contributed by atoms with Crippen molar-refractivity contribution in [2.45, 2.75) is 13.1 Å². The molecular weight excluding hydrogens is 151 g/mol. The summed E-state index contributed by atoms with van der Waals surface area (Å²) in [6.07, 6.45) is 0. The van der Waals surface area contributed by atoms with Crippen LogP contribution in [-0.4, -0.2) is 15.2 Å². The van der Waals surface area contributed by atoms with Crippen LogP contribution in [0.4, 0.5) is 0 Å². The third-order valence-electron chi connectivity index (χ3n) is 0.633. The molecule has 0 N–H and O–H groups in total. The summed E-state index contributed by atoms with van der Waals surface area (Å²) in [5, 5.41) is 0. The topological polar surface area (TPSA) is 0 Å². The number of hydrogen-bond donors (Lipinski definition) is 0. The van der Waals surface area contributed by atoms with Gasteiger partial charge >= 0.3 is 0 Å². The number of halogens is 2. The molecule has 0 aromatic rings. The van der Waals surface area contributed by atoms with Crippen LogP contribution in [0, 0.1) is 0 Å². The molecule has 0 aliphatic rings. The van der Waals surface area contributed by atoms with E-state index in [9.17, 15) is 0 Å². The van der Waals surface area contributed by atoms with E-state index in [1.165, 1.54) is 0 Å². The largest absolute Gasteiger partial charge is 0.174 e. The van der Waals surface area contributed by atoms with Gasteiger partial charge in [0.2, 0.25) is 0 Å². The summed E-state index contributed by atoms with van der Waals surface area (Å²) in [6.45, 7) is 4.15. The van der Waals surface area contributed by atoms with Gasteiger partial charge in [-0.1, -0.05) is 13.1 Å². The summed E-state index contributed by atoms with van der Waals surface area (Å²) in [6, 6.07) is 0. The van der Waals surface area contributed by atoms with Gasteiger partial charge in [0.15, 0.2) is 0 Å². The van der Waals surface area contributed by atoms with Crippen molar-refractivity contribution < 1.29 is 0 Å². The van der Waals surface area contributed by atoms with E-state index >= 15 is 0 Å². The molecule has 0 rings (SSSR count). The Labute approximate surface area is 50.9 Å². The van der Waals surface area contributed by atoms with Crippen molar-refractivity contribution >= 4 is 37.4 Å². The van der Waals surface area contributed by atoms with Gasteiger partial charge in [-0.15, -0.1) is 0 Å². The van der Waals surface area contributed by atoms with E-state index in [1.54, 1.807) is 0 Å². The third kappa shape index (κ3) is 3.21. The van der Waals surface area contributed by atoms with Crippen LogP contribution in [0.1, 0.15) is 0 Å². The van der Waals surface area contributed by atoms with Crippen molar-refractivity contribution in [3.63, 3.8) is 0 Å². The molecule has 0 heterocycles. The van der Waals surface area contributed by atoms with Gasteiger partial charge in [0, 0.05) is 0 Å². The molecule has 0 amide bonds. The summed E-state index contributed by atoms with van der Waals surface area (Å²) in [5.74, 6) is 0. The smallest absolute Gasteiger partial charge is 0.143 e. The molecule has 0 fully saturated rings. The standard InChI is InChI=1S/C2H8Cl2Si2/c1-5(3)6(2)4/h5-6H,1-2H3. The zero-order chi connectivity index (χ0) is 5.15. The highest BCUT2D eigenvalue weighted by Gasteiger charge is 2.06. The average Bonchev–Trinajstić information content (AvgIpc) is 1.36. The summed E-state index contributed by atoms with van der Waals surface area (Å²) in [7, 11) is -1.73. The molecule has 0 radical (unpaired) electrons. The molecule has 0 aromatic heterocycles. The van der Waals surface area contributed by atoms with Gasteiger partial charge < -0.3 is 0 Å². The molecule has 0 saturated carbocycles. The van der Waals surface area contributed by atoms with E-state index in [4.69, 9.17) is 22.2 Å². The van der Waals surface area contributed by atoms with Crippen molar-refractivity contribution in [1.82, 2.24) is 0 Å². The molecule has 2 atom stereocenters. The van der Waals surface area contributed by atoms with Gasteiger partial charge in [-0.25, -0.2) is 0 Å². The second kappa shape index (κ2) is 3.07. The molecule has 4 heteroatoms. The van der Waals surface area contributed by atoms with Gasteiger partial charge in [0.05, 0.1) is 0 Å². The predicted octanol–water partition coefficient (Wildman–Crippen LogP) is 1.25. The third-order valence-corrected chi connectivity index (χ3v) is 13.7. The van der Waals surface area contributed by atoms with E-state index in [1.807, 2.05) is 0 Å². The van der Waals surface area contributed by atoms with Crippen molar-refractivity contribution in [1.29, 1.82) is 0 Å². The van der Waals surface area contributed by atoms with Crippen LogP contribution in [0.5, 0.6) is 0 Å². The highest BCUT2D eigenvalue weighted by molar-refractivity contribution is 7.55. The molecule has 38 valence electrons. The minimum Gasteiger partial charge on any atom is -0.174 e. The van der Waals surface area contributed by atoms with Crippen LogP contribution in [-0.2, 0) is 0 Å². The first-order valence-electron chi connectivity index (χ1n) is 1.92. The quantitative estimate of drug-likeness (QED) is 0.399. The maximum atomic E-state index is 5.68. The summed E-state index contributed by atoms with van der Waals surface area (Å²) in [4.78, 5) is 0. The van der Waals surface area contributed by atoms with Gasteiger partial charge in [0.1, 0.15) is 15.2 Å². The number of rotatable bonds is 1. The van der Waals surface area contributed by atoms with Crippen molar-refractivity contribution in [3.05, 3.63) is 0 Å². The lowest BCUT2D eigenvalue weighted by atomic mass is 11.9. The number of hydrogen-bond acceptors (Lipinski definition) is 0. The van der Waals surface area contributed by atoms with Gasteiger partial charge in [0.25, 0.3) is 0 Å². The Morgan fingerprint density at radius 3 is 1.17 bits per heavy atom. The zero-order valence-corrected chi connectivity index (χ0v) is 7.73. The van der Waals surface area contributed by atoms with Crippen LogP contribution in [0.15, 0.2) is 0 Å². The van der Waals surface area contributed by atoms with Crippen LogP contribution < -0.4 is 0 Å². The Hall–Kier alpha value is 1.01. The Morgan fingerprint density at radius 1 is 1.00 bits per heavy atom. The Balaban J connectivity index is 2.99. The van der Waals surface area contributed by atoms with E-state index in [-0.39, 0.29) is 0 Å². The summed E-state index contributed by atoms with van der Waals surface area (Å²) in [5.41, 5.74) is 0. The molecular formula is C2H8Cl2Si2. The van der Waals surface area contributed by atoms with Crippen molar-refractivity contribution in [2.75, 3.05) is 0 Å². The Kier molecular flexibility index (Phi) is 3.59. The van der Waals surface area contributed by atoms with Gasteiger partial charge in [-0.05, 0) is 0 Å². The fourth-order valence-corrected chi connectivity index (χ4v) is 0. The molecule has 2 unspecified atom stereocenters. The van der Waals surface area contributed by atoms with Gasteiger partial charge in [-0.3, -0.25) is 0 Å². The average molecular weight is 159 g/mol. The molecule has 0 aliphatic carbocycles. The first-order valence-corrected chi connectivity index (χ1v) is 10.4. The predicted molar refractivity (Wildman–Crippen MR) is 37.7 cm³/mol. The maximum Gasteiger partial charge on any atom is 0.143 e. The molecule has 0 saturated heterocycles. The van der Waals surface area contributed by atoms with E-state index in [2.05, 4.69) is 13.1 Å². The second-order valence-electron chi connectivity index (χ2n) is 1.36. The van der Waals surface area contributed by atoms with Crippen LogP contribution in [0.25, 0.3) is 0 Å². The Bertz CT molecular complexity index is 30.5. The molecule has 6 heavy (non-hydrogen) atoms. The minimum absolute atomic E-state index is 0.867. The van der Waals surface area contributed by atoms with E-state index in [0.717, 1.165) is 0 Å². The molecule has 0 aliphatic heterocycles. The lowest BCUT2D eigenvalue weighted by Gasteiger charge is -1.95. The normalized spacial score (nSPS) is 20.0. The fraction of sp³-hybridized carbons (Fsp3) is 1.00. The summed E-state index contributed by atoms with van der Waals surface area (Å²) < 4.78 is 0. The maximum absolute atomic E-state index is 5.68. The molecule has 0 bridgehead atoms. The second-order valence-corrected chi connectivity index (χ2v) is 16.7. The molecule has 0 aromatic carbocycles. The van der Waals surface area contributed by atoms with Crippen molar-refractivity contribution in [2.24, 2.45) is 0 Å². The van der Waals surface area contributed by atoms with Crippen LogP contribution in [0.2, 0.25) is 13.1 Å². The van der Waals surface area contributed by atoms with Gasteiger partial charge in [-0.2, -0.15) is 22.2 Å². The highest BCUT2D eigenvalue weighted by Crippen LogP contribution is 1.97. The monoisotopic (exact) mass is 158 g/mol. The Morgan fingerprint density at radius 2 is 1.17 bits per heavy atom. The van der Waals surface area contributed by atoms with E-state index in [0.29, 0.717) is 0 Å². The first-order chi connectivity index (χ1) is 2.64.